The van der Waals surface area contributed by atoms with Crippen LogP contribution in [-0.4, -0.2) is 4.98 Å². The highest BCUT2D eigenvalue weighted by atomic mass is 35.5. The van der Waals surface area contributed by atoms with Crippen molar-refractivity contribution in [3.05, 3.63) is 50.9 Å². The maximum atomic E-state index is 6.27. The third-order valence-electron chi connectivity index (χ3n) is 2.59. The Morgan fingerprint density at radius 3 is 2.61 bits per heavy atom. The first-order chi connectivity index (χ1) is 8.47. The summed E-state index contributed by atoms with van der Waals surface area (Å²) in [6.45, 7) is 6.59. The molecule has 18 heavy (non-hydrogen) atoms. The second-order valence-corrected chi connectivity index (χ2v) is 6.86. The molecule has 0 unspecified atom stereocenters. The van der Waals surface area contributed by atoms with Gasteiger partial charge in [0.25, 0.3) is 0 Å². The fourth-order valence-corrected chi connectivity index (χ4v) is 2.82. The van der Waals surface area contributed by atoms with Crippen LogP contribution in [0.2, 0.25) is 4.34 Å². The van der Waals surface area contributed by atoms with Gasteiger partial charge in [0.2, 0.25) is 0 Å². The van der Waals surface area contributed by atoms with Crippen molar-refractivity contribution in [1.29, 1.82) is 0 Å². The number of aromatic nitrogens is 1. The number of hydrogen-bond acceptors (Lipinski definition) is 2. The predicted molar refractivity (Wildman–Crippen MR) is 81.2 cm³/mol. The molecule has 94 valence electrons. The minimum Gasteiger partial charge on any atom is -0.264 e. The maximum Gasteiger partial charge on any atom is 0.100 e. The molecule has 0 saturated carbocycles. The molecule has 0 amide bonds. The van der Waals surface area contributed by atoms with Gasteiger partial charge in [-0.1, -0.05) is 50.6 Å². The van der Waals surface area contributed by atoms with Gasteiger partial charge >= 0.3 is 0 Å². The lowest BCUT2D eigenvalue weighted by Crippen LogP contribution is -2.07. The largest absolute Gasteiger partial charge is 0.264 e. The highest BCUT2D eigenvalue weighted by Gasteiger charge is 2.17. The van der Waals surface area contributed by atoms with E-state index in [4.69, 9.17) is 11.6 Å². The van der Waals surface area contributed by atoms with Gasteiger partial charge in [0.15, 0.2) is 0 Å². The molecule has 1 nitrogen and oxygen atoms in total. The van der Waals surface area contributed by atoms with E-state index in [-0.39, 0.29) is 5.41 Å². The summed E-state index contributed by atoms with van der Waals surface area (Å²) in [5, 5.41) is 0. The molecule has 0 aliphatic carbocycles. The van der Waals surface area contributed by atoms with E-state index in [2.05, 4.69) is 31.8 Å². The third-order valence-corrected chi connectivity index (χ3v) is 4.41. The zero-order valence-corrected chi connectivity index (χ0v) is 12.3. The molecule has 0 aliphatic heterocycles. The van der Waals surface area contributed by atoms with Crippen LogP contribution < -0.4 is 0 Å². The first-order valence-corrected chi connectivity index (χ1v) is 7.04. The molecule has 0 radical (unpaired) electrons. The highest BCUT2D eigenvalue weighted by Crippen LogP contribution is 2.36. The standard InChI is InChI=1S/C15H16ClNS/c1-15(2,3)13-9-12(14(16)18-13)7-6-11-5-4-8-17-10-11/h4-10H,1-3H3/b7-6+. The van der Waals surface area contributed by atoms with Crippen molar-refractivity contribution in [2.75, 3.05) is 0 Å². The van der Waals surface area contributed by atoms with Crippen LogP contribution in [-0.2, 0) is 5.41 Å². The summed E-state index contributed by atoms with van der Waals surface area (Å²) in [4.78, 5) is 5.39. The first kappa shape index (κ1) is 13.3. The van der Waals surface area contributed by atoms with Crippen molar-refractivity contribution in [3.8, 4) is 0 Å². The Kier molecular flexibility index (Phi) is 3.88. The molecule has 2 rings (SSSR count). The molecule has 2 heterocycles. The quantitative estimate of drug-likeness (QED) is 0.729. The van der Waals surface area contributed by atoms with Crippen LogP contribution in [0.25, 0.3) is 12.2 Å². The number of thiophene rings is 1. The first-order valence-electron chi connectivity index (χ1n) is 5.85. The van der Waals surface area contributed by atoms with Gasteiger partial charge < -0.3 is 0 Å². The van der Waals surface area contributed by atoms with Gasteiger partial charge in [-0.15, -0.1) is 11.3 Å². The third kappa shape index (κ3) is 3.21. The zero-order chi connectivity index (χ0) is 13.2. The maximum absolute atomic E-state index is 6.27. The Hall–Kier alpha value is -1.12. The summed E-state index contributed by atoms with van der Waals surface area (Å²) in [5.74, 6) is 0. The fraction of sp³-hybridized carbons (Fsp3) is 0.267. The van der Waals surface area contributed by atoms with E-state index in [9.17, 15) is 0 Å². The Labute approximate surface area is 117 Å². The van der Waals surface area contributed by atoms with Crippen molar-refractivity contribution in [2.45, 2.75) is 26.2 Å². The second kappa shape index (κ2) is 5.25. The lowest BCUT2D eigenvalue weighted by molar-refractivity contribution is 0.604. The minimum atomic E-state index is 0.148. The smallest absolute Gasteiger partial charge is 0.100 e. The Morgan fingerprint density at radius 2 is 2.06 bits per heavy atom. The van der Waals surface area contributed by atoms with E-state index >= 15 is 0 Å². The van der Waals surface area contributed by atoms with Gasteiger partial charge in [0, 0.05) is 22.8 Å². The molecule has 0 atom stereocenters. The summed E-state index contributed by atoms with van der Waals surface area (Å²) in [7, 11) is 0. The lowest BCUT2D eigenvalue weighted by Gasteiger charge is -2.14. The summed E-state index contributed by atoms with van der Waals surface area (Å²) in [6, 6.07) is 6.11. The van der Waals surface area contributed by atoms with Gasteiger partial charge in [0.05, 0.1) is 0 Å². The topological polar surface area (TPSA) is 12.9 Å². The van der Waals surface area contributed by atoms with Crippen molar-refractivity contribution in [3.63, 3.8) is 0 Å². The summed E-state index contributed by atoms with van der Waals surface area (Å²) in [5.41, 5.74) is 2.31. The van der Waals surface area contributed by atoms with Gasteiger partial charge in [-0.3, -0.25) is 4.98 Å². The zero-order valence-electron chi connectivity index (χ0n) is 10.8. The normalized spacial score (nSPS) is 12.2. The van der Waals surface area contributed by atoms with Crippen molar-refractivity contribution < 1.29 is 0 Å². The van der Waals surface area contributed by atoms with Crippen LogP contribution in [0.4, 0.5) is 0 Å². The van der Waals surface area contributed by atoms with E-state index in [1.807, 2.05) is 30.5 Å². The summed E-state index contributed by atoms with van der Waals surface area (Å²) >= 11 is 7.92. The number of nitrogens with zero attached hydrogens (tertiary/aromatic N) is 1. The Balaban J connectivity index is 2.25. The molecule has 3 heteroatoms. The monoisotopic (exact) mass is 277 g/mol. The molecule has 2 aromatic rings. The van der Waals surface area contributed by atoms with Crippen LogP contribution in [0.5, 0.6) is 0 Å². The molecule has 0 saturated heterocycles. The average molecular weight is 278 g/mol. The molecule has 0 spiro atoms. The fourth-order valence-electron chi connectivity index (χ4n) is 1.53. The van der Waals surface area contributed by atoms with Crippen molar-refractivity contribution in [2.24, 2.45) is 0 Å². The van der Waals surface area contributed by atoms with Gasteiger partial charge in [-0.05, 0) is 23.1 Å². The predicted octanol–water partition coefficient (Wildman–Crippen LogP) is 5.26. The van der Waals surface area contributed by atoms with Crippen LogP contribution in [0, 0.1) is 0 Å². The molecule has 0 fully saturated rings. The minimum absolute atomic E-state index is 0.148. The molecule has 0 bridgehead atoms. The molecular formula is C15H16ClNS. The molecule has 0 aliphatic rings. The number of rotatable bonds is 2. The molecular weight excluding hydrogens is 262 g/mol. The second-order valence-electron chi connectivity index (χ2n) is 5.21. The van der Waals surface area contributed by atoms with Crippen LogP contribution in [0.1, 0.15) is 36.8 Å². The molecule has 0 N–H and O–H groups in total. The van der Waals surface area contributed by atoms with Gasteiger partial charge in [-0.2, -0.15) is 0 Å². The van der Waals surface area contributed by atoms with Crippen molar-refractivity contribution >= 4 is 35.1 Å². The molecule has 2 aromatic heterocycles. The highest BCUT2D eigenvalue weighted by molar-refractivity contribution is 7.16. The van der Waals surface area contributed by atoms with E-state index in [0.717, 1.165) is 15.5 Å². The summed E-state index contributed by atoms with van der Waals surface area (Å²) < 4.78 is 0.847. The lowest BCUT2D eigenvalue weighted by atomic mass is 9.94. The van der Waals surface area contributed by atoms with E-state index in [0.29, 0.717) is 0 Å². The van der Waals surface area contributed by atoms with E-state index in [1.165, 1.54) is 4.88 Å². The van der Waals surface area contributed by atoms with Crippen LogP contribution in [0.3, 0.4) is 0 Å². The summed E-state index contributed by atoms with van der Waals surface area (Å²) in [6.07, 6.45) is 7.69. The van der Waals surface area contributed by atoms with Crippen molar-refractivity contribution in [1.82, 2.24) is 4.98 Å². The van der Waals surface area contributed by atoms with E-state index < -0.39 is 0 Å². The average Bonchev–Trinajstić information content (AvgIpc) is 2.69. The van der Waals surface area contributed by atoms with Crippen LogP contribution in [0.15, 0.2) is 30.6 Å². The Morgan fingerprint density at radius 1 is 1.28 bits per heavy atom. The Bertz CT molecular complexity index is 550. The molecule has 0 aromatic carbocycles. The van der Waals surface area contributed by atoms with E-state index in [1.54, 1.807) is 17.5 Å². The number of halogens is 1. The van der Waals surface area contributed by atoms with Gasteiger partial charge in [-0.25, -0.2) is 0 Å². The number of hydrogen-bond donors (Lipinski definition) is 0. The van der Waals surface area contributed by atoms with Crippen LogP contribution >= 0.6 is 22.9 Å². The SMILES string of the molecule is CC(C)(C)c1cc(/C=C/c2cccnc2)c(Cl)s1. The van der Waals surface area contributed by atoms with Gasteiger partial charge in [0.1, 0.15) is 4.34 Å². The number of pyridine rings is 1.